The zero-order chi connectivity index (χ0) is 15.0. The van der Waals surface area contributed by atoms with E-state index < -0.39 is 0 Å². The SMILES string of the molecule is CCN(CC)CC(C)NCc1ccc(C#N)c(OC)c1. The number of methoxy groups -OCH3 is 1. The first-order chi connectivity index (χ1) is 9.64. The molecule has 0 aliphatic carbocycles. The molecule has 4 heteroatoms. The number of nitrogens with one attached hydrogen (secondary N) is 1. The van der Waals surface area contributed by atoms with Crippen LogP contribution in [0.4, 0.5) is 0 Å². The van der Waals surface area contributed by atoms with Crippen LogP contribution in [-0.4, -0.2) is 37.7 Å². The molecule has 1 aromatic rings. The van der Waals surface area contributed by atoms with E-state index >= 15 is 0 Å². The highest BCUT2D eigenvalue weighted by Crippen LogP contribution is 2.19. The lowest BCUT2D eigenvalue weighted by molar-refractivity contribution is 0.270. The molecule has 0 aromatic heterocycles. The number of hydrogen-bond donors (Lipinski definition) is 1. The van der Waals surface area contributed by atoms with Gasteiger partial charge in [0.2, 0.25) is 0 Å². The molecule has 4 nitrogen and oxygen atoms in total. The van der Waals surface area contributed by atoms with E-state index in [2.05, 4.69) is 37.1 Å². The number of likely N-dealkylation sites (N-methyl/N-ethyl adjacent to an activating group) is 1. The van der Waals surface area contributed by atoms with Crippen LogP contribution in [0.25, 0.3) is 0 Å². The van der Waals surface area contributed by atoms with Gasteiger partial charge in [0.1, 0.15) is 11.8 Å². The van der Waals surface area contributed by atoms with Crippen molar-refractivity contribution in [1.29, 1.82) is 5.26 Å². The highest BCUT2D eigenvalue weighted by molar-refractivity contribution is 5.45. The fourth-order valence-corrected chi connectivity index (χ4v) is 2.16. The van der Waals surface area contributed by atoms with Crippen molar-refractivity contribution in [2.24, 2.45) is 0 Å². The van der Waals surface area contributed by atoms with Crippen molar-refractivity contribution < 1.29 is 4.74 Å². The van der Waals surface area contributed by atoms with Gasteiger partial charge in [-0.2, -0.15) is 5.26 Å². The Labute approximate surface area is 122 Å². The van der Waals surface area contributed by atoms with Gasteiger partial charge in [-0.3, -0.25) is 0 Å². The molecular weight excluding hydrogens is 250 g/mol. The molecule has 1 aromatic carbocycles. The van der Waals surface area contributed by atoms with Crippen LogP contribution in [0.15, 0.2) is 18.2 Å². The standard InChI is InChI=1S/C16H25N3O/c1-5-19(6-2)12-13(3)18-11-14-7-8-15(10-17)16(9-14)20-4/h7-9,13,18H,5-6,11-12H2,1-4H3. The van der Waals surface area contributed by atoms with Gasteiger partial charge in [0, 0.05) is 19.1 Å². The summed E-state index contributed by atoms with van der Waals surface area (Å²) in [5.74, 6) is 0.642. The largest absolute Gasteiger partial charge is 0.495 e. The number of ether oxygens (including phenoxy) is 1. The van der Waals surface area contributed by atoms with E-state index in [1.165, 1.54) is 0 Å². The third-order valence-electron chi connectivity index (χ3n) is 3.47. The third-order valence-corrected chi connectivity index (χ3v) is 3.47. The maximum Gasteiger partial charge on any atom is 0.136 e. The van der Waals surface area contributed by atoms with Gasteiger partial charge in [0.05, 0.1) is 12.7 Å². The minimum absolute atomic E-state index is 0.427. The lowest BCUT2D eigenvalue weighted by atomic mass is 10.1. The first-order valence-corrected chi connectivity index (χ1v) is 7.17. The van der Waals surface area contributed by atoms with Gasteiger partial charge in [-0.15, -0.1) is 0 Å². The lowest BCUT2D eigenvalue weighted by Gasteiger charge is -2.23. The monoisotopic (exact) mass is 275 g/mol. The highest BCUT2D eigenvalue weighted by atomic mass is 16.5. The Kier molecular flexibility index (Phi) is 7.06. The summed E-state index contributed by atoms with van der Waals surface area (Å²) in [7, 11) is 1.59. The van der Waals surface area contributed by atoms with Gasteiger partial charge in [-0.25, -0.2) is 0 Å². The van der Waals surface area contributed by atoms with Gasteiger partial charge >= 0.3 is 0 Å². The van der Waals surface area contributed by atoms with Gasteiger partial charge in [-0.05, 0) is 37.7 Å². The maximum atomic E-state index is 8.96. The zero-order valence-electron chi connectivity index (χ0n) is 12.9. The number of benzene rings is 1. The van der Waals surface area contributed by atoms with Crippen LogP contribution >= 0.6 is 0 Å². The van der Waals surface area contributed by atoms with Gasteiger partial charge in [0.25, 0.3) is 0 Å². The molecule has 0 saturated heterocycles. The highest BCUT2D eigenvalue weighted by Gasteiger charge is 2.08. The Balaban J connectivity index is 2.55. The summed E-state index contributed by atoms with van der Waals surface area (Å²) in [4.78, 5) is 2.40. The molecule has 1 N–H and O–H groups in total. The quantitative estimate of drug-likeness (QED) is 0.791. The first-order valence-electron chi connectivity index (χ1n) is 7.17. The van der Waals surface area contributed by atoms with Crippen LogP contribution in [0, 0.1) is 11.3 Å². The van der Waals surface area contributed by atoms with Gasteiger partial charge < -0.3 is 15.0 Å². The summed E-state index contributed by atoms with van der Waals surface area (Å²) in [5, 5.41) is 12.5. The molecule has 0 radical (unpaired) electrons. The summed E-state index contributed by atoms with van der Waals surface area (Å²) >= 11 is 0. The topological polar surface area (TPSA) is 48.3 Å². The first kappa shape index (κ1) is 16.5. The van der Waals surface area contributed by atoms with E-state index in [0.29, 0.717) is 17.4 Å². The maximum absolute atomic E-state index is 8.96. The molecular formula is C16H25N3O. The van der Waals surface area contributed by atoms with Crippen LogP contribution in [0.3, 0.4) is 0 Å². The second-order valence-electron chi connectivity index (χ2n) is 4.91. The van der Waals surface area contributed by atoms with E-state index in [0.717, 1.165) is 31.7 Å². The Bertz CT molecular complexity index is 450. The van der Waals surface area contributed by atoms with E-state index in [-0.39, 0.29) is 0 Å². The molecule has 0 aliphatic heterocycles. The van der Waals surface area contributed by atoms with E-state index in [4.69, 9.17) is 10.00 Å². The van der Waals surface area contributed by atoms with Crippen LogP contribution in [0.5, 0.6) is 5.75 Å². The predicted molar refractivity (Wildman–Crippen MR) is 81.8 cm³/mol. The Morgan fingerprint density at radius 3 is 2.60 bits per heavy atom. The van der Waals surface area contributed by atoms with Crippen LogP contribution in [-0.2, 0) is 6.54 Å². The second-order valence-corrected chi connectivity index (χ2v) is 4.91. The van der Waals surface area contributed by atoms with Crippen molar-refractivity contribution in [2.45, 2.75) is 33.4 Å². The fraction of sp³-hybridized carbons (Fsp3) is 0.562. The summed E-state index contributed by atoms with van der Waals surface area (Å²) in [6, 6.07) is 8.26. The Morgan fingerprint density at radius 1 is 1.35 bits per heavy atom. The molecule has 0 fully saturated rings. The summed E-state index contributed by atoms with van der Waals surface area (Å²) < 4.78 is 5.22. The minimum Gasteiger partial charge on any atom is -0.495 e. The smallest absolute Gasteiger partial charge is 0.136 e. The average Bonchev–Trinajstić information content (AvgIpc) is 2.50. The number of nitriles is 1. The van der Waals surface area contributed by atoms with Crippen molar-refractivity contribution in [1.82, 2.24) is 10.2 Å². The normalized spacial score (nSPS) is 12.2. The Morgan fingerprint density at radius 2 is 2.05 bits per heavy atom. The van der Waals surface area contributed by atoms with Crippen LogP contribution in [0.2, 0.25) is 0 Å². The summed E-state index contributed by atoms with van der Waals surface area (Å²) in [5.41, 5.74) is 1.71. The molecule has 0 saturated carbocycles. The minimum atomic E-state index is 0.427. The van der Waals surface area contributed by atoms with Crippen LogP contribution < -0.4 is 10.1 Å². The number of hydrogen-bond acceptors (Lipinski definition) is 4. The molecule has 1 atom stereocenters. The van der Waals surface area contributed by atoms with Crippen molar-refractivity contribution in [3.8, 4) is 11.8 Å². The average molecular weight is 275 g/mol. The van der Waals surface area contributed by atoms with Crippen molar-refractivity contribution in [3.63, 3.8) is 0 Å². The van der Waals surface area contributed by atoms with Crippen molar-refractivity contribution in [2.75, 3.05) is 26.7 Å². The molecule has 1 unspecified atom stereocenters. The second kappa shape index (κ2) is 8.57. The van der Waals surface area contributed by atoms with E-state index in [9.17, 15) is 0 Å². The lowest BCUT2D eigenvalue weighted by Crippen LogP contribution is -2.38. The van der Waals surface area contributed by atoms with E-state index in [1.807, 2.05) is 18.2 Å². The summed E-state index contributed by atoms with van der Waals surface area (Å²) in [6.07, 6.45) is 0. The molecule has 110 valence electrons. The van der Waals surface area contributed by atoms with Gasteiger partial charge in [0.15, 0.2) is 0 Å². The summed E-state index contributed by atoms with van der Waals surface area (Å²) in [6.45, 7) is 10.5. The zero-order valence-corrected chi connectivity index (χ0v) is 12.9. The number of nitrogens with zero attached hydrogens (tertiary/aromatic N) is 2. The molecule has 0 spiro atoms. The van der Waals surface area contributed by atoms with Gasteiger partial charge in [-0.1, -0.05) is 19.9 Å². The van der Waals surface area contributed by atoms with Crippen molar-refractivity contribution in [3.05, 3.63) is 29.3 Å². The molecule has 1 rings (SSSR count). The molecule has 0 amide bonds. The molecule has 20 heavy (non-hydrogen) atoms. The molecule has 0 heterocycles. The van der Waals surface area contributed by atoms with Crippen molar-refractivity contribution >= 4 is 0 Å². The molecule has 0 bridgehead atoms. The Hall–Kier alpha value is -1.57. The predicted octanol–water partition coefficient (Wildman–Crippen LogP) is 2.39. The number of rotatable bonds is 8. The van der Waals surface area contributed by atoms with E-state index in [1.54, 1.807) is 7.11 Å². The third kappa shape index (κ3) is 4.84. The fourth-order valence-electron chi connectivity index (χ4n) is 2.16. The molecule has 0 aliphatic rings. The van der Waals surface area contributed by atoms with Crippen LogP contribution in [0.1, 0.15) is 31.9 Å².